The summed E-state index contributed by atoms with van der Waals surface area (Å²) in [7, 11) is 1.30. The van der Waals surface area contributed by atoms with E-state index < -0.39 is 5.97 Å². The standard InChI is InChI=1S/C12H10BrNO3/c1-17-11(15)6-8-4-7-5-9(13)2-3-10(7)14-12(8)16/h2-5H,6H2,1H3,(H,14,16). The number of pyridine rings is 1. The van der Waals surface area contributed by atoms with Crippen molar-refractivity contribution in [3.63, 3.8) is 0 Å². The van der Waals surface area contributed by atoms with Crippen LogP contribution in [-0.4, -0.2) is 18.1 Å². The third kappa shape index (κ3) is 2.55. The van der Waals surface area contributed by atoms with Crippen LogP contribution >= 0.6 is 15.9 Å². The van der Waals surface area contributed by atoms with E-state index in [1.807, 2.05) is 18.2 Å². The van der Waals surface area contributed by atoms with Gasteiger partial charge in [0.05, 0.1) is 13.5 Å². The topological polar surface area (TPSA) is 59.2 Å². The molecule has 0 radical (unpaired) electrons. The number of benzene rings is 1. The van der Waals surface area contributed by atoms with Gasteiger partial charge in [-0.3, -0.25) is 9.59 Å². The van der Waals surface area contributed by atoms with E-state index in [9.17, 15) is 9.59 Å². The number of carbonyl (C=O) groups is 1. The Morgan fingerprint density at radius 3 is 2.88 bits per heavy atom. The van der Waals surface area contributed by atoms with Crippen LogP contribution in [0.5, 0.6) is 0 Å². The Labute approximate surface area is 106 Å². The molecule has 0 saturated carbocycles. The lowest BCUT2D eigenvalue weighted by molar-refractivity contribution is -0.139. The highest BCUT2D eigenvalue weighted by atomic mass is 79.9. The van der Waals surface area contributed by atoms with Gasteiger partial charge in [0.15, 0.2) is 0 Å². The molecule has 0 saturated heterocycles. The van der Waals surface area contributed by atoms with Crippen LogP contribution in [-0.2, 0) is 16.0 Å². The maximum atomic E-state index is 11.7. The minimum atomic E-state index is -0.426. The third-order valence-corrected chi connectivity index (χ3v) is 2.94. The number of esters is 1. The van der Waals surface area contributed by atoms with E-state index in [4.69, 9.17) is 0 Å². The van der Waals surface area contributed by atoms with Crippen molar-refractivity contribution in [1.82, 2.24) is 4.98 Å². The fraction of sp³-hybridized carbons (Fsp3) is 0.167. The molecule has 0 aliphatic heterocycles. The van der Waals surface area contributed by atoms with E-state index in [-0.39, 0.29) is 12.0 Å². The second kappa shape index (κ2) is 4.71. The van der Waals surface area contributed by atoms with Crippen LogP contribution in [0, 0.1) is 0 Å². The Hall–Kier alpha value is -1.62. The van der Waals surface area contributed by atoms with Crippen molar-refractivity contribution < 1.29 is 9.53 Å². The van der Waals surface area contributed by atoms with Crippen LogP contribution in [0.2, 0.25) is 0 Å². The Balaban J connectivity index is 2.53. The van der Waals surface area contributed by atoms with E-state index in [1.54, 1.807) is 6.07 Å². The van der Waals surface area contributed by atoms with Crippen molar-refractivity contribution in [2.75, 3.05) is 7.11 Å². The second-order valence-corrected chi connectivity index (χ2v) is 4.52. The fourth-order valence-electron chi connectivity index (χ4n) is 1.58. The molecule has 4 nitrogen and oxygen atoms in total. The van der Waals surface area contributed by atoms with Crippen molar-refractivity contribution >= 4 is 32.8 Å². The number of ether oxygens (including phenoxy) is 1. The molecule has 1 aromatic carbocycles. The van der Waals surface area contributed by atoms with Gasteiger partial charge in [-0.15, -0.1) is 0 Å². The molecule has 0 spiro atoms. The van der Waals surface area contributed by atoms with Gasteiger partial charge in [0.2, 0.25) is 0 Å². The lowest BCUT2D eigenvalue weighted by Crippen LogP contribution is -2.17. The van der Waals surface area contributed by atoms with Gasteiger partial charge in [-0.05, 0) is 29.7 Å². The fourth-order valence-corrected chi connectivity index (χ4v) is 1.96. The lowest BCUT2D eigenvalue weighted by atomic mass is 10.1. The monoisotopic (exact) mass is 295 g/mol. The summed E-state index contributed by atoms with van der Waals surface area (Å²) in [5.74, 6) is -0.426. The van der Waals surface area contributed by atoms with Crippen molar-refractivity contribution in [2.24, 2.45) is 0 Å². The highest BCUT2D eigenvalue weighted by Crippen LogP contribution is 2.17. The quantitative estimate of drug-likeness (QED) is 0.862. The van der Waals surface area contributed by atoms with E-state index >= 15 is 0 Å². The zero-order valence-corrected chi connectivity index (χ0v) is 10.7. The number of aromatic nitrogens is 1. The van der Waals surface area contributed by atoms with Crippen LogP contribution < -0.4 is 5.56 Å². The number of hydrogen-bond donors (Lipinski definition) is 1. The number of nitrogens with one attached hydrogen (secondary N) is 1. The Kier molecular flexibility index (Phi) is 3.28. The highest BCUT2D eigenvalue weighted by molar-refractivity contribution is 9.10. The third-order valence-electron chi connectivity index (χ3n) is 2.45. The molecule has 2 aromatic rings. The highest BCUT2D eigenvalue weighted by Gasteiger charge is 2.08. The number of methoxy groups -OCH3 is 1. The predicted octanol–water partition coefficient (Wildman–Crippen LogP) is 2.01. The van der Waals surface area contributed by atoms with Crippen molar-refractivity contribution in [3.8, 4) is 0 Å². The molecule has 2 rings (SSSR count). The minimum absolute atomic E-state index is 0.0196. The number of fused-ring (bicyclic) bond motifs is 1. The molecule has 0 fully saturated rings. The summed E-state index contributed by atoms with van der Waals surface area (Å²) in [4.78, 5) is 25.6. The average Bonchev–Trinajstić information content (AvgIpc) is 2.30. The van der Waals surface area contributed by atoms with Gasteiger partial charge in [0.25, 0.3) is 5.56 Å². The maximum absolute atomic E-state index is 11.7. The first-order valence-electron chi connectivity index (χ1n) is 4.98. The van der Waals surface area contributed by atoms with Crippen LogP contribution in [0.1, 0.15) is 5.56 Å². The Bertz CT molecular complexity index is 633. The summed E-state index contributed by atoms with van der Waals surface area (Å²) in [6, 6.07) is 7.24. The number of carbonyl (C=O) groups excluding carboxylic acids is 1. The first-order chi connectivity index (χ1) is 8.10. The summed E-state index contributed by atoms with van der Waals surface area (Å²) in [5, 5.41) is 0.873. The summed E-state index contributed by atoms with van der Waals surface area (Å²) in [6.45, 7) is 0. The molecule has 0 aliphatic carbocycles. The van der Waals surface area contributed by atoms with Gasteiger partial charge in [0, 0.05) is 15.6 Å². The molecule has 0 amide bonds. The molecule has 0 atom stereocenters. The molecule has 5 heteroatoms. The molecule has 0 bridgehead atoms. The summed E-state index contributed by atoms with van der Waals surface area (Å²) in [6.07, 6.45) is -0.0196. The minimum Gasteiger partial charge on any atom is -0.469 e. The zero-order valence-electron chi connectivity index (χ0n) is 9.12. The number of hydrogen-bond acceptors (Lipinski definition) is 3. The molecule has 1 N–H and O–H groups in total. The van der Waals surface area contributed by atoms with Crippen LogP contribution in [0.4, 0.5) is 0 Å². The SMILES string of the molecule is COC(=O)Cc1cc2cc(Br)ccc2[nH]c1=O. The van der Waals surface area contributed by atoms with Crippen molar-refractivity contribution in [2.45, 2.75) is 6.42 Å². The second-order valence-electron chi connectivity index (χ2n) is 3.61. The first-order valence-corrected chi connectivity index (χ1v) is 5.78. The van der Waals surface area contributed by atoms with Crippen molar-refractivity contribution in [1.29, 1.82) is 0 Å². The molecular formula is C12H10BrNO3. The van der Waals surface area contributed by atoms with E-state index in [2.05, 4.69) is 25.7 Å². The largest absolute Gasteiger partial charge is 0.469 e. The lowest BCUT2D eigenvalue weighted by Gasteiger charge is -2.03. The Morgan fingerprint density at radius 1 is 1.41 bits per heavy atom. The van der Waals surface area contributed by atoms with Crippen LogP contribution in [0.3, 0.4) is 0 Å². The van der Waals surface area contributed by atoms with Gasteiger partial charge < -0.3 is 9.72 Å². The molecular weight excluding hydrogens is 286 g/mol. The summed E-state index contributed by atoms with van der Waals surface area (Å²) >= 11 is 3.36. The normalized spacial score (nSPS) is 10.5. The van der Waals surface area contributed by atoms with E-state index in [0.29, 0.717) is 5.56 Å². The van der Waals surface area contributed by atoms with E-state index in [0.717, 1.165) is 15.4 Å². The molecule has 1 aromatic heterocycles. The summed E-state index contributed by atoms with van der Waals surface area (Å²) < 4.78 is 5.46. The molecule has 1 heterocycles. The maximum Gasteiger partial charge on any atom is 0.310 e. The number of rotatable bonds is 2. The van der Waals surface area contributed by atoms with E-state index in [1.165, 1.54) is 7.11 Å². The number of halogens is 1. The zero-order chi connectivity index (χ0) is 12.4. The van der Waals surface area contributed by atoms with Gasteiger partial charge in [-0.2, -0.15) is 0 Å². The van der Waals surface area contributed by atoms with Gasteiger partial charge in [-0.1, -0.05) is 15.9 Å². The Morgan fingerprint density at radius 2 is 2.18 bits per heavy atom. The smallest absolute Gasteiger partial charge is 0.310 e. The van der Waals surface area contributed by atoms with Gasteiger partial charge in [-0.25, -0.2) is 0 Å². The van der Waals surface area contributed by atoms with Crippen LogP contribution in [0.15, 0.2) is 33.5 Å². The first kappa shape index (κ1) is 11.9. The molecule has 17 heavy (non-hydrogen) atoms. The predicted molar refractivity (Wildman–Crippen MR) is 68.0 cm³/mol. The van der Waals surface area contributed by atoms with Gasteiger partial charge in [0.1, 0.15) is 0 Å². The molecule has 0 aliphatic rings. The molecule has 0 unspecified atom stereocenters. The molecule has 88 valence electrons. The summed E-state index contributed by atoms with van der Waals surface area (Å²) in [5.41, 5.74) is 0.888. The average molecular weight is 296 g/mol. The number of aromatic amines is 1. The van der Waals surface area contributed by atoms with Gasteiger partial charge >= 0.3 is 5.97 Å². The van der Waals surface area contributed by atoms with Crippen molar-refractivity contribution in [3.05, 3.63) is 44.7 Å². The number of H-pyrrole nitrogens is 1. The van der Waals surface area contributed by atoms with Crippen LogP contribution in [0.25, 0.3) is 10.9 Å².